The molecule has 0 aromatic rings. The zero-order valence-corrected chi connectivity index (χ0v) is 8.55. The van der Waals surface area contributed by atoms with Gasteiger partial charge in [0.25, 0.3) is 10.1 Å². The Balaban J connectivity index is 3.26. The summed E-state index contributed by atoms with van der Waals surface area (Å²) < 4.78 is 31.1. The van der Waals surface area contributed by atoms with Crippen LogP contribution in [0.4, 0.5) is 0 Å². The summed E-state index contributed by atoms with van der Waals surface area (Å²) in [7, 11) is -3.32. The van der Waals surface area contributed by atoms with E-state index in [4.69, 9.17) is 9.84 Å². The molecule has 0 heterocycles. The Morgan fingerprint density at radius 1 is 1.23 bits per heavy atom. The molecule has 0 saturated carbocycles. The van der Waals surface area contributed by atoms with Gasteiger partial charge in [0.1, 0.15) is 0 Å². The zero-order chi connectivity index (χ0) is 10.2. The molecule has 0 amide bonds. The van der Waals surface area contributed by atoms with Gasteiger partial charge in [0, 0.05) is 6.61 Å². The number of hydrogen-bond donors (Lipinski definition) is 1. The molecule has 6 heteroatoms. The number of aliphatic hydroxyl groups excluding tert-OH is 1. The molecule has 0 atom stereocenters. The summed E-state index contributed by atoms with van der Waals surface area (Å²) in [6.45, 7) is 2.33. The Morgan fingerprint density at radius 2 is 1.92 bits per heavy atom. The van der Waals surface area contributed by atoms with E-state index in [9.17, 15) is 8.42 Å². The molecule has 0 spiro atoms. The Hall–Kier alpha value is -0.170. The lowest BCUT2D eigenvalue weighted by molar-refractivity contribution is 0.0841. The fourth-order valence-electron chi connectivity index (χ4n) is 0.597. The van der Waals surface area contributed by atoms with E-state index in [2.05, 4.69) is 4.18 Å². The van der Waals surface area contributed by atoms with E-state index in [-0.39, 0.29) is 25.6 Å². The van der Waals surface area contributed by atoms with E-state index in [1.807, 2.05) is 0 Å². The highest BCUT2D eigenvalue weighted by atomic mass is 32.2. The molecule has 0 aliphatic carbocycles. The molecule has 80 valence electrons. The molecule has 0 rings (SSSR count). The van der Waals surface area contributed by atoms with Crippen molar-refractivity contribution in [2.75, 3.05) is 32.2 Å². The van der Waals surface area contributed by atoms with Crippen molar-refractivity contribution >= 4 is 10.1 Å². The second kappa shape index (κ2) is 7.25. The molecule has 0 fully saturated rings. The highest BCUT2D eigenvalue weighted by molar-refractivity contribution is 7.86. The summed E-state index contributed by atoms with van der Waals surface area (Å²) in [5.41, 5.74) is 0. The number of hydrogen-bond acceptors (Lipinski definition) is 5. The van der Waals surface area contributed by atoms with Crippen molar-refractivity contribution < 1.29 is 22.4 Å². The van der Waals surface area contributed by atoms with Gasteiger partial charge in [-0.15, -0.1) is 0 Å². The molecule has 0 radical (unpaired) electrons. The van der Waals surface area contributed by atoms with Crippen LogP contribution >= 0.6 is 0 Å². The van der Waals surface area contributed by atoms with Crippen molar-refractivity contribution in [3.8, 4) is 0 Å². The van der Waals surface area contributed by atoms with Crippen molar-refractivity contribution in [2.24, 2.45) is 0 Å². The van der Waals surface area contributed by atoms with Crippen LogP contribution in [0.3, 0.4) is 0 Å². The third-order valence-corrected chi connectivity index (χ3v) is 2.52. The lowest BCUT2D eigenvalue weighted by Crippen LogP contribution is -2.11. The predicted molar refractivity (Wildman–Crippen MR) is 47.9 cm³/mol. The van der Waals surface area contributed by atoms with Crippen LogP contribution in [0.2, 0.25) is 0 Å². The highest BCUT2D eigenvalue weighted by Crippen LogP contribution is 1.94. The number of ether oxygens (including phenoxy) is 1. The van der Waals surface area contributed by atoms with Crippen molar-refractivity contribution in [3.63, 3.8) is 0 Å². The number of aliphatic hydroxyl groups is 1. The average molecular weight is 212 g/mol. The van der Waals surface area contributed by atoms with Gasteiger partial charge in [0.05, 0.1) is 25.6 Å². The maximum absolute atomic E-state index is 10.8. The minimum Gasteiger partial charge on any atom is -0.394 e. The van der Waals surface area contributed by atoms with Gasteiger partial charge in [-0.2, -0.15) is 8.42 Å². The van der Waals surface area contributed by atoms with Crippen LogP contribution in [0.5, 0.6) is 0 Å². The molecule has 0 aliphatic rings. The average Bonchev–Trinajstić information content (AvgIpc) is 2.11. The van der Waals surface area contributed by atoms with Gasteiger partial charge in [-0.05, 0) is 13.3 Å². The lowest BCUT2D eigenvalue weighted by Gasteiger charge is -2.03. The van der Waals surface area contributed by atoms with Crippen LogP contribution in [-0.2, 0) is 19.0 Å². The van der Waals surface area contributed by atoms with Crippen LogP contribution in [0.25, 0.3) is 0 Å². The minimum absolute atomic E-state index is 0.00943. The Bertz CT molecular complexity index is 199. The van der Waals surface area contributed by atoms with Crippen LogP contribution in [-0.4, -0.2) is 45.7 Å². The van der Waals surface area contributed by atoms with Crippen LogP contribution in [0, 0.1) is 0 Å². The van der Waals surface area contributed by atoms with Gasteiger partial charge < -0.3 is 9.84 Å². The summed E-state index contributed by atoms with van der Waals surface area (Å²) in [5, 5.41) is 8.34. The van der Waals surface area contributed by atoms with Crippen molar-refractivity contribution in [2.45, 2.75) is 13.3 Å². The maximum Gasteiger partial charge on any atom is 0.267 e. The van der Waals surface area contributed by atoms with Crippen molar-refractivity contribution in [1.29, 1.82) is 0 Å². The second-order valence-corrected chi connectivity index (χ2v) is 4.29. The molecule has 1 N–H and O–H groups in total. The molecule has 13 heavy (non-hydrogen) atoms. The van der Waals surface area contributed by atoms with Gasteiger partial charge in [-0.25, -0.2) is 0 Å². The monoisotopic (exact) mass is 212 g/mol. The van der Waals surface area contributed by atoms with Gasteiger partial charge in [0.2, 0.25) is 0 Å². The topological polar surface area (TPSA) is 72.8 Å². The minimum atomic E-state index is -3.32. The smallest absolute Gasteiger partial charge is 0.267 e. The molecule has 0 saturated heterocycles. The standard InChI is InChI=1S/C7H16O5S/c1-2-13(9,10)12-6-3-5-11-7-4-8/h8H,2-7H2,1H3. The molecule has 0 aliphatic heterocycles. The molecular weight excluding hydrogens is 196 g/mol. The zero-order valence-electron chi connectivity index (χ0n) is 7.73. The summed E-state index contributed by atoms with van der Waals surface area (Å²) >= 11 is 0. The normalized spacial score (nSPS) is 11.8. The fraction of sp³-hybridized carbons (Fsp3) is 1.00. The Kier molecular flexibility index (Phi) is 7.16. The molecular formula is C7H16O5S. The van der Waals surface area contributed by atoms with E-state index >= 15 is 0 Å². The van der Waals surface area contributed by atoms with Gasteiger partial charge >= 0.3 is 0 Å². The first kappa shape index (κ1) is 12.8. The van der Waals surface area contributed by atoms with E-state index in [0.717, 1.165) is 0 Å². The highest BCUT2D eigenvalue weighted by Gasteiger charge is 2.05. The quantitative estimate of drug-likeness (QED) is 0.444. The maximum atomic E-state index is 10.8. The van der Waals surface area contributed by atoms with E-state index < -0.39 is 10.1 Å². The first-order chi connectivity index (χ1) is 6.12. The van der Waals surface area contributed by atoms with E-state index in [0.29, 0.717) is 13.0 Å². The van der Waals surface area contributed by atoms with Crippen LogP contribution < -0.4 is 0 Å². The first-order valence-corrected chi connectivity index (χ1v) is 5.76. The Morgan fingerprint density at radius 3 is 2.46 bits per heavy atom. The summed E-state index contributed by atoms with van der Waals surface area (Å²) in [6.07, 6.45) is 0.513. The van der Waals surface area contributed by atoms with Crippen LogP contribution in [0.15, 0.2) is 0 Å². The van der Waals surface area contributed by atoms with E-state index in [1.165, 1.54) is 6.92 Å². The second-order valence-electron chi connectivity index (χ2n) is 2.36. The largest absolute Gasteiger partial charge is 0.394 e. The van der Waals surface area contributed by atoms with Crippen molar-refractivity contribution in [3.05, 3.63) is 0 Å². The molecule has 0 bridgehead atoms. The SMILES string of the molecule is CCS(=O)(=O)OCCCOCCO. The third-order valence-electron chi connectivity index (χ3n) is 1.29. The Labute approximate surface area is 78.8 Å². The van der Waals surface area contributed by atoms with Crippen molar-refractivity contribution in [1.82, 2.24) is 0 Å². The molecule has 0 aromatic heterocycles. The summed E-state index contributed by atoms with van der Waals surface area (Å²) in [4.78, 5) is 0. The third kappa shape index (κ3) is 8.17. The van der Waals surface area contributed by atoms with E-state index in [1.54, 1.807) is 0 Å². The summed E-state index contributed by atoms with van der Waals surface area (Å²) in [6, 6.07) is 0. The van der Waals surface area contributed by atoms with Gasteiger partial charge in [-0.3, -0.25) is 4.18 Å². The molecule has 0 unspecified atom stereocenters. The number of rotatable bonds is 8. The first-order valence-electron chi connectivity index (χ1n) is 4.18. The van der Waals surface area contributed by atoms with Gasteiger partial charge in [-0.1, -0.05) is 0 Å². The predicted octanol–water partition coefficient (Wildman–Crippen LogP) is -0.248. The lowest BCUT2D eigenvalue weighted by atomic mass is 10.5. The molecule has 5 nitrogen and oxygen atoms in total. The van der Waals surface area contributed by atoms with Gasteiger partial charge in [0.15, 0.2) is 0 Å². The molecule has 0 aromatic carbocycles. The fourth-order valence-corrected chi connectivity index (χ4v) is 1.14. The summed E-state index contributed by atoms with van der Waals surface area (Å²) in [5.74, 6) is -0.00943. The van der Waals surface area contributed by atoms with Crippen LogP contribution in [0.1, 0.15) is 13.3 Å².